The van der Waals surface area contributed by atoms with Crippen molar-refractivity contribution in [1.29, 1.82) is 10.5 Å². The first-order chi connectivity index (χ1) is 7.47. The first kappa shape index (κ1) is 13.9. The van der Waals surface area contributed by atoms with Crippen molar-refractivity contribution in [2.24, 2.45) is 0 Å². The third kappa shape index (κ3) is 4.97. The molecule has 0 saturated heterocycles. The van der Waals surface area contributed by atoms with Crippen LogP contribution in [0.5, 0.6) is 0 Å². The van der Waals surface area contributed by atoms with Gasteiger partial charge in [0.05, 0.1) is 12.1 Å². The molecule has 0 heterocycles. The molecule has 0 radical (unpaired) electrons. The van der Waals surface area contributed by atoms with Crippen molar-refractivity contribution in [3.05, 3.63) is 0 Å². The van der Waals surface area contributed by atoms with Crippen LogP contribution in [-0.2, 0) is 19.1 Å². The summed E-state index contributed by atoms with van der Waals surface area (Å²) < 4.78 is 9.66. The molecule has 0 fully saturated rings. The highest BCUT2D eigenvalue weighted by Crippen LogP contribution is 2.18. The molecular formula is C10H12N2O4. The molecule has 0 unspecified atom stereocenters. The number of esters is 2. The Kier molecular flexibility index (Phi) is 5.58. The predicted molar refractivity (Wildman–Crippen MR) is 51.3 cm³/mol. The van der Waals surface area contributed by atoms with Gasteiger partial charge in [0.1, 0.15) is 12.8 Å². The molecule has 0 aromatic rings. The minimum absolute atomic E-state index is 0.237. The number of ether oxygens (including phenoxy) is 2. The van der Waals surface area contributed by atoms with E-state index >= 15 is 0 Å². The zero-order chi connectivity index (χ0) is 12.6. The number of hydrogen-bond acceptors (Lipinski definition) is 6. The predicted octanol–water partition coefficient (Wildman–Crippen LogP) is 1.03. The summed E-state index contributed by atoms with van der Waals surface area (Å²) in [4.78, 5) is 22.1. The molecule has 0 bridgehead atoms. The summed E-state index contributed by atoms with van der Waals surface area (Å²) in [5.74, 6) is -2.95. The molecule has 0 aliphatic rings. The van der Waals surface area contributed by atoms with E-state index in [4.69, 9.17) is 20.0 Å². The lowest BCUT2D eigenvalue weighted by molar-refractivity contribution is -0.222. The van der Waals surface area contributed by atoms with Crippen LogP contribution >= 0.6 is 0 Å². The lowest BCUT2D eigenvalue weighted by Gasteiger charge is -2.27. The molecule has 6 heteroatoms. The summed E-state index contributed by atoms with van der Waals surface area (Å²) >= 11 is 0. The average Bonchev–Trinajstić information content (AvgIpc) is 2.17. The Labute approximate surface area is 93.4 Å². The molecule has 16 heavy (non-hydrogen) atoms. The van der Waals surface area contributed by atoms with Crippen LogP contribution in [0.15, 0.2) is 0 Å². The normalized spacial score (nSPS) is 9.75. The van der Waals surface area contributed by atoms with Crippen molar-refractivity contribution in [3.63, 3.8) is 0 Å². The van der Waals surface area contributed by atoms with Crippen LogP contribution in [0, 0.1) is 22.7 Å². The molecule has 0 N–H and O–H groups in total. The fourth-order valence-electron chi connectivity index (χ4n) is 0.848. The van der Waals surface area contributed by atoms with Gasteiger partial charge in [0.25, 0.3) is 5.79 Å². The second-order valence-corrected chi connectivity index (χ2v) is 3.11. The molecule has 0 saturated carbocycles. The Hall–Kier alpha value is -2.08. The fourth-order valence-corrected chi connectivity index (χ4v) is 0.848. The molecule has 0 aliphatic heterocycles. The number of nitrogens with zero attached hydrogens (tertiary/aromatic N) is 2. The minimum Gasteiger partial charge on any atom is -0.422 e. The van der Waals surface area contributed by atoms with Gasteiger partial charge in [-0.1, -0.05) is 6.92 Å². The van der Waals surface area contributed by atoms with E-state index in [1.54, 1.807) is 19.1 Å². The molecule has 0 atom stereocenters. The third-order valence-electron chi connectivity index (χ3n) is 1.75. The van der Waals surface area contributed by atoms with Crippen LogP contribution in [0.1, 0.15) is 33.1 Å². The Morgan fingerprint density at radius 2 is 1.50 bits per heavy atom. The molecule has 86 valence electrons. The number of carbonyl (C=O) groups is 2. The Morgan fingerprint density at radius 3 is 1.75 bits per heavy atom. The van der Waals surface area contributed by atoms with Gasteiger partial charge in [0, 0.05) is 13.3 Å². The van der Waals surface area contributed by atoms with Gasteiger partial charge >= 0.3 is 11.9 Å². The van der Waals surface area contributed by atoms with Crippen molar-refractivity contribution in [2.75, 3.05) is 0 Å². The Bertz CT molecular complexity index is 321. The molecule has 0 aromatic carbocycles. The summed E-state index contributed by atoms with van der Waals surface area (Å²) in [6.07, 6.45) is -0.585. The number of nitriles is 2. The minimum atomic E-state index is -1.41. The molecule has 0 rings (SSSR count). The van der Waals surface area contributed by atoms with E-state index in [0.717, 1.165) is 0 Å². The van der Waals surface area contributed by atoms with Crippen LogP contribution in [0.2, 0.25) is 0 Å². The van der Waals surface area contributed by atoms with Crippen molar-refractivity contribution >= 4 is 11.9 Å². The van der Waals surface area contributed by atoms with Gasteiger partial charge in [0.2, 0.25) is 0 Å². The smallest absolute Gasteiger partial charge is 0.323 e. The zero-order valence-corrected chi connectivity index (χ0v) is 9.15. The highest BCUT2D eigenvalue weighted by Gasteiger charge is 2.30. The maximum Gasteiger partial charge on any atom is 0.323 e. The largest absolute Gasteiger partial charge is 0.422 e. The Morgan fingerprint density at radius 1 is 1.12 bits per heavy atom. The van der Waals surface area contributed by atoms with E-state index < -0.39 is 30.6 Å². The van der Waals surface area contributed by atoms with Gasteiger partial charge in [-0.05, 0) is 0 Å². The third-order valence-corrected chi connectivity index (χ3v) is 1.75. The molecule has 0 spiro atoms. The summed E-state index contributed by atoms with van der Waals surface area (Å²) in [5, 5.41) is 16.5. The van der Waals surface area contributed by atoms with Crippen LogP contribution in [0.25, 0.3) is 0 Å². The lowest BCUT2D eigenvalue weighted by Crippen LogP contribution is -2.36. The zero-order valence-electron chi connectivity index (χ0n) is 9.15. The van der Waals surface area contributed by atoms with Crippen LogP contribution < -0.4 is 0 Å². The van der Waals surface area contributed by atoms with Crippen molar-refractivity contribution in [2.45, 2.75) is 38.9 Å². The molecule has 0 aliphatic carbocycles. The summed E-state index contributed by atoms with van der Waals surface area (Å²) in [5.41, 5.74) is 0. The second-order valence-electron chi connectivity index (χ2n) is 3.11. The first-order valence-electron chi connectivity index (χ1n) is 4.65. The van der Waals surface area contributed by atoms with E-state index in [-0.39, 0.29) is 6.42 Å². The average molecular weight is 224 g/mol. The second kappa shape index (κ2) is 6.41. The monoisotopic (exact) mass is 224 g/mol. The van der Waals surface area contributed by atoms with Crippen LogP contribution in [-0.4, -0.2) is 17.7 Å². The maximum atomic E-state index is 11.1. The molecular weight excluding hydrogens is 212 g/mol. The number of carbonyl (C=O) groups excluding carboxylic acids is 2. The van der Waals surface area contributed by atoms with E-state index in [2.05, 4.69) is 0 Å². The van der Waals surface area contributed by atoms with Crippen LogP contribution in [0.3, 0.4) is 0 Å². The first-order valence-corrected chi connectivity index (χ1v) is 4.65. The van der Waals surface area contributed by atoms with Crippen molar-refractivity contribution in [1.82, 2.24) is 0 Å². The quantitative estimate of drug-likeness (QED) is 0.510. The van der Waals surface area contributed by atoms with Gasteiger partial charge in [-0.2, -0.15) is 10.5 Å². The van der Waals surface area contributed by atoms with E-state index in [0.29, 0.717) is 0 Å². The number of rotatable bonds is 5. The van der Waals surface area contributed by atoms with E-state index in [9.17, 15) is 9.59 Å². The lowest BCUT2D eigenvalue weighted by atomic mass is 10.2. The van der Waals surface area contributed by atoms with Crippen molar-refractivity contribution in [3.8, 4) is 12.1 Å². The number of hydrogen-bond donors (Lipinski definition) is 0. The van der Waals surface area contributed by atoms with Gasteiger partial charge < -0.3 is 9.47 Å². The van der Waals surface area contributed by atoms with Gasteiger partial charge in [-0.25, -0.2) is 0 Å². The molecule has 0 aromatic heterocycles. The van der Waals surface area contributed by atoms with E-state index in [1.807, 2.05) is 0 Å². The topological polar surface area (TPSA) is 100 Å². The summed E-state index contributed by atoms with van der Waals surface area (Å²) in [6.45, 7) is 3.05. The highest BCUT2D eigenvalue weighted by atomic mass is 16.7. The van der Waals surface area contributed by atoms with Crippen molar-refractivity contribution < 1.29 is 19.1 Å². The Balaban J connectivity index is 4.43. The fraction of sp³-hybridized carbons (Fsp3) is 0.600. The maximum absolute atomic E-state index is 11.1. The van der Waals surface area contributed by atoms with Gasteiger partial charge in [0.15, 0.2) is 0 Å². The highest BCUT2D eigenvalue weighted by molar-refractivity contribution is 5.74. The van der Waals surface area contributed by atoms with Gasteiger partial charge in [-0.15, -0.1) is 0 Å². The summed E-state index contributed by atoms with van der Waals surface area (Å²) in [7, 11) is 0. The SMILES string of the molecule is CCC(C)(OC(=O)CC#N)OC(=O)CC#N. The standard InChI is InChI=1S/C10H12N2O4/c1-3-10(2,15-8(13)4-6-11)16-9(14)5-7-12/h3-5H2,1-2H3. The molecule has 6 nitrogen and oxygen atoms in total. The molecule has 0 amide bonds. The summed E-state index contributed by atoms with van der Waals surface area (Å²) in [6, 6.07) is 3.25. The van der Waals surface area contributed by atoms with Crippen LogP contribution in [0.4, 0.5) is 0 Å². The van der Waals surface area contributed by atoms with E-state index in [1.165, 1.54) is 6.92 Å². The van der Waals surface area contributed by atoms with Gasteiger partial charge in [-0.3, -0.25) is 9.59 Å².